The Balaban J connectivity index is 1.79. The monoisotopic (exact) mass is 464 g/mol. The number of carbonyl (C=O) groups is 2. The van der Waals surface area contributed by atoms with Crippen LogP contribution in [0.2, 0.25) is 5.02 Å². The molecule has 1 aliphatic rings. The Hall–Kier alpha value is -2.58. The maximum Gasteiger partial charge on any atom is 0.338 e. The Labute approximate surface area is 187 Å². The van der Waals surface area contributed by atoms with Gasteiger partial charge in [0.15, 0.2) is 6.61 Å². The first-order chi connectivity index (χ1) is 14.5. The molecule has 0 fully saturated rings. The molecule has 1 amide bonds. The number of carbonyl (C=O) groups excluding carboxylic acids is 2. The highest BCUT2D eigenvalue weighted by molar-refractivity contribution is 7.93. The van der Waals surface area contributed by atoms with Crippen LogP contribution in [0.1, 0.15) is 43.1 Å². The minimum Gasteiger partial charge on any atom is -0.452 e. The SMILES string of the molecule is CCC(C)(C)NC(=O)COC(=O)c1ccc(Cl)c(S(=O)(=O)N2CCc3ccccc32)c1. The molecule has 2 aromatic carbocycles. The van der Waals surface area contributed by atoms with Crippen LogP contribution in [0.25, 0.3) is 0 Å². The van der Waals surface area contributed by atoms with Gasteiger partial charge in [-0.2, -0.15) is 0 Å². The number of anilines is 1. The first-order valence-corrected chi connectivity index (χ1v) is 11.8. The van der Waals surface area contributed by atoms with Crippen LogP contribution >= 0.6 is 11.6 Å². The molecule has 1 heterocycles. The highest BCUT2D eigenvalue weighted by atomic mass is 35.5. The molecule has 31 heavy (non-hydrogen) atoms. The summed E-state index contributed by atoms with van der Waals surface area (Å²) in [5, 5.41) is 2.77. The van der Waals surface area contributed by atoms with Gasteiger partial charge in [0, 0.05) is 12.1 Å². The number of hydrogen-bond acceptors (Lipinski definition) is 5. The number of sulfonamides is 1. The number of nitrogens with zero attached hydrogens (tertiary/aromatic N) is 1. The standard InChI is InChI=1S/C22H25ClN2O5S/c1-4-22(2,3)24-20(26)14-30-21(27)16-9-10-17(23)19(13-16)31(28,29)25-12-11-15-7-5-6-8-18(15)25/h5-10,13H,4,11-12,14H2,1-3H3,(H,24,26). The molecule has 0 radical (unpaired) electrons. The van der Waals surface area contributed by atoms with Gasteiger partial charge < -0.3 is 10.1 Å². The van der Waals surface area contributed by atoms with Gasteiger partial charge in [0.1, 0.15) is 4.90 Å². The second-order valence-corrected chi connectivity index (χ2v) is 10.2. The van der Waals surface area contributed by atoms with Crippen molar-refractivity contribution in [3.63, 3.8) is 0 Å². The Morgan fingerprint density at radius 3 is 2.61 bits per heavy atom. The second-order valence-electron chi connectivity index (χ2n) is 7.96. The predicted octanol–water partition coefficient (Wildman–Crippen LogP) is 3.55. The van der Waals surface area contributed by atoms with E-state index in [0.717, 1.165) is 5.56 Å². The molecule has 0 bridgehead atoms. The third kappa shape index (κ3) is 5.02. The molecular weight excluding hydrogens is 440 g/mol. The maximum atomic E-state index is 13.3. The van der Waals surface area contributed by atoms with Gasteiger partial charge in [-0.3, -0.25) is 9.10 Å². The summed E-state index contributed by atoms with van der Waals surface area (Å²) >= 11 is 6.18. The summed E-state index contributed by atoms with van der Waals surface area (Å²) in [5.74, 6) is -1.24. The van der Waals surface area contributed by atoms with Gasteiger partial charge in [0.25, 0.3) is 15.9 Å². The lowest BCUT2D eigenvalue weighted by atomic mass is 10.0. The summed E-state index contributed by atoms with van der Waals surface area (Å²) in [6, 6.07) is 11.1. The minimum absolute atomic E-state index is 0.00184. The van der Waals surface area contributed by atoms with Gasteiger partial charge in [-0.1, -0.05) is 36.7 Å². The molecule has 3 rings (SSSR count). The topological polar surface area (TPSA) is 92.8 Å². The Kier molecular flexibility index (Phi) is 6.62. The molecule has 9 heteroatoms. The Bertz CT molecular complexity index is 1110. The van der Waals surface area contributed by atoms with Crippen LogP contribution in [-0.4, -0.2) is 39.0 Å². The van der Waals surface area contributed by atoms with Gasteiger partial charge in [0.05, 0.1) is 16.3 Å². The van der Waals surface area contributed by atoms with E-state index >= 15 is 0 Å². The van der Waals surface area contributed by atoms with E-state index in [1.807, 2.05) is 32.9 Å². The smallest absolute Gasteiger partial charge is 0.338 e. The van der Waals surface area contributed by atoms with Crippen LogP contribution in [0.3, 0.4) is 0 Å². The van der Waals surface area contributed by atoms with Crippen LogP contribution < -0.4 is 9.62 Å². The molecule has 1 aliphatic heterocycles. The van der Waals surface area contributed by atoms with E-state index in [-0.39, 0.29) is 15.5 Å². The van der Waals surface area contributed by atoms with Gasteiger partial charge in [-0.05, 0) is 56.5 Å². The molecule has 0 unspecified atom stereocenters. The molecule has 0 atom stereocenters. The average molecular weight is 465 g/mol. The summed E-state index contributed by atoms with van der Waals surface area (Å²) in [5.41, 5.74) is 1.11. The first kappa shape index (κ1) is 23.1. The van der Waals surface area contributed by atoms with Crippen molar-refractivity contribution in [2.75, 3.05) is 17.5 Å². The molecule has 166 valence electrons. The average Bonchev–Trinajstić information content (AvgIpc) is 3.17. The third-order valence-electron chi connectivity index (χ3n) is 5.28. The van der Waals surface area contributed by atoms with Gasteiger partial charge >= 0.3 is 5.97 Å². The zero-order chi connectivity index (χ0) is 22.8. The van der Waals surface area contributed by atoms with Crippen LogP contribution in [0, 0.1) is 0 Å². The highest BCUT2D eigenvalue weighted by Crippen LogP contribution is 2.35. The van der Waals surface area contributed by atoms with Crippen LogP contribution in [0.15, 0.2) is 47.4 Å². The van der Waals surface area contributed by atoms with Crippen LogP contribution in [0.5, 0.6) is 0 Å². The van der Waals surface area contributed by atoms with Gasteiger partial charge in [-0.15, -0.1) is 0 Å². The van der Waals surface area contributed by atoms with E-state index in [1.54, 1.807) is 12.1 Å². The largest absolute Gasteiger partial charge is 0.452 e. The summed E-state index contributed by atoms with van der Waals surface area (Å²) in [6.07, 6.45) is 1.31. The van der Waals surface area contributed by atoms with Crippen molar-refractivity contribution in [3.8, 4) is 0 Å². The van der Waals surface area contributed by atoms with Crippen molar-refractivity contribution in [2.45, 2.75) is 44.0 Å². The number of hydrogen-bond donors (Lipinski definition) is 1. The molecule has 0 saturated heterocycles. The molecule has 0 saturated carbocycles. The van der Waals surface area contributed by atoms with Crippen LogP contribution in [-0.2, 0) is 26.0 Å². The van der Waals surface area contributed by atoms with Crippen molar-refractivity contribution < 1.29 is 22.7 Å². The summed E-state index contributed by atoms with van der Waals surface area (Å²) < 4.78 is 32.9. The lowest BCUT2D eigenvalue weighted by Gasteiger charge is -2.24. The lowest BCUT2D eigenvalue weighted by Crippen LogP contribution is -2.44. The number of fused-ring (bicyclic) bond motifs is 1. The number of ether oxygens (including phenoxy) is 1. The first-order valence-electron chi connectivity index (χ1n) is 9.93. The Morgan fingerprint density at radius 2 is 1.90 bits per heavy atom. The number of rotatable bonds is 7. The fraction of sp³-hybridized carbons (Fsp3) is 0.364. The van der Waals surface area contributed by atoms with Crippen molar-refractivity contribution in [2.24, 2.45) is 0 Å². The number of nitrogens with one attached hydrogen (secondary N) is 1. The van der Waals surface area contributed by atoms with E-state index in [4.69, 9.17) is 16.3 Å². The Morgan fingerprint density at radius 1 is 1.19 bits per heavy atom. The van der Waals surface area contributed by atoms with Crippen molar-refractivity contribution >= 4 is 39.2 Å². The number of para-hydroxylation sites is 1. The predicted molar refractivity (Wildman–Crippen MR) is 119 cm³/mol. The fourth-order valence-corrected chi connectivity index (χ4v) is 5.23. The molecule has 0 spiro atoms. The van der Waals surface area contributed by atoms with E-state index in [9.17, 15) is 18.0 Å². The summed E-state index contributed by atoms with van der Waals surface area (Å²) in [6.45, 7) is 5.48. The summed E-state index contributed by atoms with van der Waals surface area (Å²) in [4.78, 5) is 24.3. The normalized spacial score (nSPS) is 13.6. The lowest BCUT2D eigenvalue weighted by molar-refractivity contribution is -0.125. The zero-order valence-corrected chi connectivity index (χ0v) is 19.2. The number of halogens is 1. The van der Waals surface area contributed by atoms with Crippen LogP contribution in [0.4, 0.5) is 5.69 Å². The second kappa shape index (κ2) is 8.88. The van der Waals surface area contributed by atoms with E-state index in [2.05, 4.69) is 5.32 Å². The molecule has 1 N–H and O–H groups in total. The van der Waals surface area contributed by atoms with Gasteiger partial charge in [-0.25, -0.2) is 13.2 Å². The summed E-state index contributed by atoms with van der Waals surface area (Å²) in [7, 11) is -3.98. The number of esters is 1. The van der Waals surface area contributed by atoms with E-state index < -0.39 is 34.0 Å². The van der Waals surface area contributed by atoms with Crippen molar-refractivity contribution in [1.82, 2.24) is 5.32 Å². The highest BCUT2D eigenvalue weighted by Gasteiger charge is 2.32. The van der Waals surface area contributed by atoms with Crippen molar-refractivity contribution in [1.29, 1.82) is 0 Å². The fourth-order valence-electron chi connectivity index (χ4n) is 3.22. The maximum absolute atomic E-state index is 13.3. The zero-order valence-electron chi connectivity index (χ0n) is 17.6. The van der Waals surface area contributed by atoms with E-state index in [0.29, 0.717) is 25.1 Å². The van der Waals surface area contributed by atoms with Gasteiger partial charge in [0.2, 0.25) is 0 Å². The third-order valence-corrected chi connectivity index (χ3v) is 7.57. The molecule has 2 aromatic rings. The molecule has 7 nitrogen and oxygen atoms in total. The molecule has 0 aliphatic carbocycles. The quantitative estimate of drug-likeness (QED) is 0.632. The minimum atomic E-state index is -3.98. The molecular formula is C22H25ClN2O5S. The van der Waals surface area contributed by atoms with E-state index in [1.165, 1.54) is 22.5 Å². The molecule has 0 aromatic heterocycles. The number of amides is 1. The number of benzene rings is 2. The van der Waals surface area contributed by atoms with Crippen molar-refractivity contribution in [3.05, 3.63) is 58.6 Å².